The van der Waals surface area contributed by atoms with Crippen molar-refractivity contribution in [3.63, 3.8) is 0 Å². The van der Waals surface area contributed by atoms with E-state index in [4.69, 9.17) is 0 Å². The maximum Gasteiger partial charge on any atom is 0.416 e. The van der Waals surface area contributed by atoms with Gasteiger partial charge in [-0.15, -0.1) is 0 Å². The standard InChI is InChI=1S/C24H18BrF3N2/c25-17-18-12-13-21(16-22(18)24(26,27)28)23(30-15-7-14-29-30,19-8-3-1-4-9-19)20-10-5-2-6-11-20/h1-16H,17H2. The van der Waals surface area contributed by atoms with Crippen molar-refractivity contribution in [1.29, 1.82) is 0 Å². The van der Waals surface area contributed by atoms with E-state index in [1.54, 1.807) is 29.2 Å². The Kier molecular flexibility index (Phi) is 5.52. The first-order valence-electron chi connectivity index (χ1n) is 9.35. The third kappa shape index (κ3) is 3.45. The molecule has 0 bridgehead atoms. The lowest BCUT2D eigenvalue weighted by Crippen LogP contribution is -2.38. The molecule has 4 rings (SSSR count). The number of halogens is 4. The minimum absolute atomic E-state index is 0.119. The van der Waals surface area contributed by atoms with Gasteiger partial charge in [0.15, 0.2) is 0 Å². The highest BCUT2D eigenvalue weighted by Crippen LogP contribution is 2.43. The van der Waals surface area contributed by atoms with E-state index in [0.29, 0.717) is 5.56 Å². The van der Waals surface area contributed by atoms with Gasteiger partial charge in [0.05, 0.1) is 5.56 Å². The van der Waals surface area contributed by atoms with Gasteiger partial charge >= 0.3 is 6.18 Å². The molecule has 0 aliphatic rings. The topological polar surface area (TPSA) is 17.8 Å². The van der Waals surface area contributed by atoms with Crippen LogP contribution in [0.5, 0.6) is 0 Å². The number of rotatable bonds is 5. The molecule has 1 heterocycles. The number of aromatic nitrogens is 2. The summed E-state index contributed by atoms with van der Waals surface area (Å²) in [5.41, 5.74) is 0.610. The molecular weight excluding hydrogens is 453 g/mol. The Morgan fingerprint density at radius 2 is 1.37 bits per heavy atom. The second-order valence-corrected chi connectivity index (χ2v) is 7.46. The molecule has 0 unspecified atom stereocenters. The number of hydrogen-bond donors (Lipinski definition) is 0. The van der Waals surface area contributed by atoms with Gasteiger partial charge in [0.1, 0.15) is 5.54 Å². The molecule has 4 aromatic rings. The predicted molar refractivity (Wildman–Crippen MR) is 114 cm³/mol. The second kappa shape index (κ2) is 8.11. The van der Waals surface area contributed by atoms with Gasteiger partial charge in [-0.3, -0.25) is 4.68 Å². The van der Waals surface area contributed by atoms with Gasteiger partial charge in [-0.25, -0.2) is 0 Å². The summed E-state index contributed by atoms with van der Waals surface area (Å²) in [7, 11) is 0. The Hall–Kier alpha value is -2.86. The molecule has 0 saturated carbocycles. The average molecular weight is 471 g/mol. The van der Waals surface area contributed by atoms with Crippen LogP contribution < -0.4 is 0 Å². The molecule has 6 heteroatoms. The summed E-state index contributed by atoms with van der Waals surface area (Å²) in [6.07, 6.45) is -1.05. The van der Waals surface area contributed by atoms with Crippen molar-refractivity contribution in [2.75, 3.05) is 0 Å². The summed E-state index contributed by atoms with van der Waals surface area (Å²) in [6.45, 7) is 0. The third-order valence-electron chi connectivity index (χ3n) is 5.21. The van der Waals surface area contributed by atoms with E-state index in [1.165, 1.54) is 12.1 Å². The number of nitrogens with zero attached hydrogens (tertiary/aromatic N) is 2. The maximum atomic E-state index is 13.9. The fourth-order valence-corrected chi connectivity index (χ4v) is 4.39. The molecular formula is C24H18BrF3N2. The maximum absolute atomic E-state index is 13.9. The first-order valence-corrected chi connectivity index (χ1v) is 10.5. The van der Waals surface area contributed by atoms with Gasteiger partial charge in [0.25, 0.3) is 0 Å². The van der Waals surface area contributed by atoms with E-state index in [0.717, 1.165) is 11.1 Å². The van der Waals surface area contributed by atoms with Gasteiger partial charge in [0, 0.05) is 17.7 Å². The summed E-state index contributed by atoms with van der Waals surface area (Å²) in [6, 6.07) is 25.3. The third-order valence-corrected chi connectivity index (χ3v) is 5.81. The van der Waals surface area contributed by atoms with Crippen molar-refractivity contribution < 1.29 is 13.2 Å². The predicted octanol–water partition coefficient (Wildman–Crippen LogP) is 6.64. The molecule has 152 valence electrons. The lowest BCUT2D eigenvalue weighted by atomic mass is 9.76. The van der Waals surface area contributed by atoms with Crippen LogP contribution >= 0.6 is 15.9 Å². The zero-order chi connectivity index (χ0) is 21.2. The van der Waals surface area contributed by atoms with Crippen LogP contribution in [0.3, 0.4) is 0 Å². The minimum Gasteiger partial charge on any atom is -0.253 e. The van der Waals surface area contributed by atoms with Crippen LogP contribution in [0.15, 0.2) is 97.3 Å². The van der Waals surface area contributed by atoms with Crippen LogP contribution in [-0.4, -0.2) is 9.78 Å². The van der Waals surface area contributed by atoms with Crippen molar-refractivity contribution in [3.8, 4) is 0 Å². The van der Waals surface area contributed by atoms with Crippen LogP contribution in [0, 0.1) is 0 Å². The van der Waals surface area contributed by atoms with E-state index in [9.17, 15) is 13.2 Å². The first-order chi connectivity index (χ1) is 14.5. The molecule has 0 radical (unpaired) electrons. The van der Waals surface area contributed by atoms with E-state index in [-0.39, 0.29) is 10.9 Å². The van der Waals surface area contributed by atoms with Crippen LogP contribution in [0.25, 0.3) is 0 Å². The quantitative estimate of drug-likeness (QED) is 0.236. The molecule has 0 saturated heterocycles. The van der Waals surface area contributed by atoms with Gasteiger partial charge < -0.3 is 0 Å². The molecule has 0 aliphatic heterocycles. The monoisotopic (exact) mass is 470 g/mol. The van der Waals surface area contributed by atoms with E-state index >= 15 is 0 Å². The Morgan fingerprint density at radius 3 is 1.83 bits per heavy atom. The Bertz CT molecular complexity index is 1070. The van der Waals surface area contributed by atoms with Crippen molar-refractivity contribution in [1.82, 2.24) is 9.78 Å². The summed E-state index contributed by atoms with van der Waals surface area (Å²) in [5, 5.41) is 4.60. The molecule has 0 aliphatic carbocycles. The van der Waals surface area contributed by atoms with Crippen molar-refractivity contribution >= 4 is 15.9 Å². The van der Waals surface area contributed by atoms with Crippen LogP contribution in [0.4, 0.5) is 13.2 Å². The molecule has 0 amide bonds. The lowest BCUT2D eigenvalue weighted by Gasteiger charge is -2.37. The lowest BCUT2D eigenvalue weighted by molar-refractivity contribution is -0.138. The smallest absolute Gasteiger partial charge is 0.253 e. The molecule has 30 heavy (non-hydrogen) atoms. The number of alkyl halides is 4. The van der Waals surface area contributed by atoms with Gasteiger partial charge in [-0.1, -0.05) is 88.7 Å². The van der Waals surface area contributed by atoms with E-state index in [2.05, 4.69) is 21.0 Å². The highest BCUT2D eigenvalue weighted by atomic mass is 79.9. The summed E-state index contributed by atoms with van der Waals surface area (Å²) < 4.78 is 43.4. The molecule has 0 N–H and O–H groups in total. The SMILES string of the molecule is FC(F)(F)c1cc(C(c2ccccc2)(c2ccccc2)n2cccn2)ccc1CBr. The average Bonchev–Trinajstić information content (AvgIpc) is 3.30. The highest BCUT2D eigenvalue weighted by Gasteiger charge is 2.41. The zero-order valence-corrected chi connectivity index (χ0v) is 17.4. The van der Waals surface area contributed by atoms with Crippen molar-refractivity contribution in [2.24, 2.45) is 0 Å². The molecule has 0 atom stereocenters. The Balaban J connectivity index is 2.12. The van der Waals surface area contributed by atoms with Crippen molar-refractivity contribution in [2.45, 2.75) is 17.0 Å². The molecule has 0 spiro atoms. The molecule has 3 aromatic carbocycles. The Morgan fingerprint density at radius 1 is 0.767 bits per heavy atom. The van der Waals surface area contributed by atoms with Crippen molar-refractivity contribution in [3.05, 3.63) is 125 Å². The van der Waals surface area contributed by atoms with E-state index < -0.39 is 17.3 Å². The summed E-state index contributed by atoms with van der Waals surface area (Å²) in [5.74, 6) is 0. The van der Waals surface area contributed by atoms with Gasteiger partial charge in [-0.05, 0) is 34.4 Å². The van der Waals surface area contributed by atoms with Crippen LogP contribution in [0.2, 0.25) is 0 Å². The van der Waals surface area contributed by atoms with Crippen LogP contribution in [-0.2, 0) is 17.0 Å². The van der Waals surface area contributed by atoms with Gasteiger partial charge in [0.2, 0.25) is 0 Å². The number of benzene rings is 3. The largest absolute Gasteiger partial charge is 0.416 e. The molecule has 1 aromatic heterocycles. The normalized spacial score (nSPS) is 12.1. The fraction of sp³-hybridized carbons (Fsp3) is 0.125. The molecule has 2 nitrogen and oxygen atoms in total. The molecule has 0 fully saturated rings. The van der Waals surface area contributed by atoms with Crippen LogP contribution in [0.1, 0.15) is 27.8 Å². The highest BCUT2D eigenvalue weighted by molar-refractivity contribution is 9.08. The minimum atomic E-state index is -4.47. The van der Waals surface area contributed by atoms with Gasteiger partial charge in [-0.2, -0.15) is 18.3 Å². The summed E-state index contributed by atoms with van der Waals surface area (Å²) >= 11 is 3.19. The van der Waals surface area contributed by atoms with E-state index in [1.807, 2.05) is 60.7 Å². The second-order valence-electron chi connectivity index (χ2n) is 6.90. The zero-order valence-electron chi connectivity index (χ0n) is 15.9. The summed E-state index contributed by atoms with van der Waals surface area (Å²) in [4.78, 5) is 0. The first kappa shape index (κ1) is 20.4. The Labute approximate surface area is 181 Å². The fourth-order valence-electron chi connectivity index (χ4n) is 3.90. The number of hydrogen-bond acceptors (Lipinski definition) is 1.